The average molecular weight is 299 g/mol. The van der Waals surface area contributed by atoms with Crippen LogP contribution in [-0.2, 0) is 19.3 Å². The largest absolute Gasteiger partial charge is 0.488 e. The van der Waals surface area contributed by atoms with Crippen LogP contribution < -0.4 is 10.5 Å². The molecule has 0 bridgehead atoms. The summed E-state index contributed by atoms with van der Waals surface area (Å²) < 4.78 is 56.9. The van der Waals surface area contributed by atoms with Crippen molar-refractivity contribution in [1.82, 2.24) is 0 Å². The molecule has 2 aromatic carbocycles. The first kappa shape index (κ1) is 15.3. The summed E-state index contributed by atoms with van der Waals surface area (Å²) in [6.07, 6.45) is -4.48. The zero-order valence-corrected chi connectivity index (χ0v) is 11.0. The second-order valence-electron chi connectivity index (χ2n) is 4.41. The maximum absolute atomic E-state index is 13.3. The standard InChI is InChI=1S/C15H13F4NO/c16-13-6-5-10(7-11(13)8-20)9-21-14-4-2-1-3-12(14)15(17,18)19/h1-7H,8-9,20H2. The van der Waals surface area contributed by atoms with Gasteiger partial charge < -0.3 is 10.5 Å². The lowest BCUT2D eigenvalue weighted by Gasteiger charge is -2.14. The second-order valence-corrected chi connectivity index (χ2v) is 4.41. The monoisotopic (exact) mass is 299 g/mol. The molecule has 112 valence electrons. The van der Waals surface area contributed by atoms with Crippen molar-refractivity contribution >= 4 is 0 Å². The van der Waals surface area contributed by atoms with Gasteiger partial charge in [-0.3, -0.25) is 0 Å². The van der Waals surface area contributed by atoms with Gasteiger partial charge in [-0.25, -0.2) is 4.39 Å². The number of hydrogen-bond acceptors (Lipinski definition) is 2. The van der Waals surface area contributed by atoms with Gasteiger partial charge in [-0.05, 0) is 29.8 Å². The van der Waals surface area contributed by atoms with E-state index in [0.717, 1.165) is 6.07 Å². The highest BCUT2D eigenvalue weighted by atomic mass is 19.4. The molecular formula is C15H13F4NO. The predicted molar refractivity (Wildman–Crippen MR) is 70.1 cm³/mol. The quantitative estimate of drug-likeness (QED) is 0.870. The van der Waals surface area contributed by atoms with Crippen molar-refractivity contribution in [2.45, 2.75) is 19.3 Å². The van der Waals surface area contributed by atoms with E-state index in [4.69, 9.17) is 10.5 Å². The molecule has 0 aromatic heterocycles. The molecule has 2 aromatic rings. The van der Waals surface area contributed by atoms with E-state index in [9.17, 15) is 17.6 Å². The molecule has 0 fully saturated rings. The molecule has 21 heavy (non-hydrogen) atoms. The molecule has 2 N–H and O–H groups in total. The lowest BCUT2D eigenvalue weighted by molar-refractivity contribution is -0.139. The molecule has 0 aliphatic carbocycles. The first-order valence-electron chi connectivity index (χ1n) is 6.18. The minimum absolute atomic E-state index is 0.0127. The van der Waals surface area contributed by atoms with E-state index in [2.05, 4.69) is 0 Å². The molecule has 2 nitrogen and oxygen atoms in total. The Morgan fingerprint density at radius 2 is 1.76 bits per heavy atom. The molecule has 0 aliphatic rings. The Morgan fingerprint density at radius 3 is 2.43 bits per heavy atom. The van der Waals surface area contributed by atoms with Gasteiger partial charge in [0, 0.05) is 12.1 Å². The smallest absolute Gasteiger partial charge is 0.419 e. The number of nitrogens with two attached hydrogens (primary N) is 1. The fourth-order valence-corrected chi connectivity index (χ4v) is 1.86. The summed E-state index contributed by atoms with van der Waals surface area (Å²) in [7, 11) is 0. The van der Waals surface area contributed by atoms with E-state index in [0.29, 0.717) is 11.1 Å². The van der Waals surface area contributed by atoms with Crippen LogP contribution in [0.3, 0.4) is 0 Å². The molecule has 0 heterocycles. The van der Waals surface area contributed by atoms with Gasteiger partial charge in [0.2, 0.25) is 0 Å². The summed E-state index contributed by atoms with van der Waals surface area (Å²) in [5.74, 6) is -0.708. The maximum atomic E-state index is 13.3. The van der Waals surface area contributed by atoms with E-state index in [1.807, 2.05) is 0 Å². The van der Waals surface area contributed by atoms with Crippen molar-refractivity contribution in [3.63, 3.8) is 0 Å². The van der Waals surface area contributed by atoms with Crippen molar-refractivity contribution in [3.8, 4) is 5.75 Å². The highest BCUT2D eigenvalue weighted by Gasteiger charge is 2.33. The van der Waals surface area contributed by atoms with Crippen LogP contribution in [-0.4, -0.2) is 0 Å². The zero-order valence-electron chi connectivity index (χ0n) is 11.0. The number of alkyl halides is 3. The Kier molecular flexibility index (Phi) is 4.47. The number of para-hydroxylation sites is 1. The van der Waals surface area contributed by atoms with Gasteiger partial charge in [0.05, 0.1) is 5.56 Å². The van der Waals surface area contributed by atoms with E-state index in [1.54, 1.807) is 0 Å². The molecule has 0 aliphatic heterocycles. The molecule has 2 rings (SSSR count). The molecule has 0 amide bonds. The van der Waals surface area contributed by atoms with E-state index >= 15 is 0 Å². The minimum Gasteiger partial charge on any atom is -0.488 e. The third kappa shape index (κ3) is 3.72. The Hall–Kier alpha value is -2.08. The number of halogens is 4. The summed E-state index contributed by atoms with van der Waals surface area (Å²) in [5, 5.41) is 0. The third-order valence-electron chi connectivity index (χ3n) is 2.92. The normalized spacial score (nSPS) is 11.5. The first-order valence-corrected chi connectivity index (χ1v) is 6.18. The summed E-state index contributed by atoms with van der Waals surface area (Å²) in [6.45, 7) is -0.0841. The summed E-state index contributed by atoms with van der Waals surface area (Å²) in [6, 6.07) is 9.09. The van der Waals surface area contributed by atoms with Crippen LogP contribution in [0.5, 0.6) is 5.75 Å². The second kappa shape index (κ2) is 6.13. The Balaban J connectivity index is 2.17. The van der Waals surface area contributed by atoms with Gasteiger partial charge in [-0.2, -0.15) is 13.2 Å². The molecule has 0 unspecified atom stereocenters. The molecule has 0 spiro atoms. The van der Waals surface area contributed by atoms with Gasteiger partial charge in [0.1, 0.15) is 18.2 Å². The number of ether oxygens (including phenoxy) is 1. The van der Waals surface area contributed by atoms with Crippen molar-refractivity contribution in [2.75, 3.05) is 0 Å². The lowest BCUT2D eigenvalue weighted by Crippen LogP contribution is -2.09. The van der Waals surface area contributed by atoms with Crippen LogP contribution in [0.1, 0.15) is 16.7 Å². The van der Waals surface area contributed by atoms with Crippen molar-refractivity contribution in [3.05, 3.63) is 65.0 Å². The zero-order chi connectivity index (χ0) is 15.5. The van der Waals surface area contributed by atoms with Crippen LogP contribution in [0, 0.1) is 5.82 Å². The van der Waals surface area contributed by atoms with E-state index in [-0.39, 0.29) is 18.9 Å². The first-order chi connectivity index (χ1) is 9.91. The van der Waals surface area contributed by atoms with Crippen LogP contribution in [0.2, 0.25) is 0 Å². The molecule has 0 atom stereocenters. The van der Waals surface area contributed by atoms with Gasteiger partial charge in [0.25, 0.3) is 0 Å². The molecule has 0 radical (unpaired) electrons. The van der Waals surface area contributed by atoms with Gasteiger partial charge in [-0.15, -0.1) is 0 Å². The number of hydrogen-bond donors (Lipinski definition) is 1. The van der Waals surface area contributed by atoms with Crippen molar-refractivity contribution in [1.29, 1.82) is 0 Å². The van der Waals surface area contributed by atoms with Crippen LogP contribution in [0.4, 0.5) is 17.6 Å². The fourth-order valence-electron chi connectivity index (χ4n) is 1.86. The van der Waals surface area contributed by atoms with Crippen LogP contribution in [0.25, 0.3) is 0 Å². The van der Waals surface area contributed by atoms with Crippen molar-refractivity contribution in [2.24, 2.45) is 5.73 Å². The van der Waals surface area contributed by atoms with Gasteiger partial charge in [0.15, 0.2) is 0 Å². The Morgan fingerprint density at radius 1 is 1.05 bits per heavy atom. The van der Waals surface area contributed by atoms with Crippen molar-refractivity contribution < 1.29 is 22.3 Å². The Bertz CT molecular complexity index is 625. The Labute approximate surface area is 119 Å². The number of rotatable bonds is 4. The number of benzene rings is 2. The summed E-state index contributed by atoms with van der Waals surface area (Å²) in [5.41, 5.74) is 5.38. The SMILES string of the molecule is NCc1cc(COc2ccccc2C(F)(F)F)ccc1F. The molecule has 6 heteroatoms. The summed E-state index contributed by atoms with van der Waals surface area (Å²) in [4.78, 5) is 0. The fraction of sp³-hybridized carbons (Fsp3) is 0.200. The lowest BCUT2D eigenvalue weighted by atomic mass is 10.1. The highest BCUT2D eigenvalue weighted by Crippen LogP contribution is 2.36. The third-order valence-corrected chi connectivity index (χ3v) is 2.92. The predicted octanol–water partition coefficient (Wildman–Crippen LogP) is 3.88. The maximum Gasteiger partial charge on any atom is 0.419 e. The van der Waals surface area contributed by atoms with Gasteiger partial charge >= 0.3 is 6.18 Å². The molecule has 0 saturated heterocycles. The van der Waals surface area contributed by atoms with Crippen LogP contribution >= 0.6 is 0 Å². The van der Waals surface area contributed by atoms with Gasteiger partial charge in [-0.1, -0.05) is 18.2 Å². The van der Waals surface area contributed by atoms with E-state index in [1.165, 1.54) is 36.4 Å². The van der Waals surface area contributed by atoms with Crippen LogP contribution in [0.15, 0.2) is 42.5 Å². The minimum atomic E-state index is -4.48. The molecular weight excluding hydrogens is 286 g/mol. The summed E-state index contributed by atoms with van der Waals surface area (Å²) >= 11 is 0. The van der Waals surface area contributed by atoms with E-state index < -0.39 is 17.6 Å². The average Bonchev–Trinajstić information content (AvgIpc) is 2.45. The topological polar surface area (TPSA) is 35.2 Å². The highest BCUT2D eigenvalue weighted by molar-refractivity contribution is 5.36. The molecule has 0 saturated carbocycles.